The van der Waals surface area contributed by atoms with Gasteiger partial charge in [0.1, 0.15) is 11.5 Å². The topological polar surface area (TPSA) is 76.1 Å². The van der Waals surface area contributed by atoms with Crippen molar-refractivity contribution in [3.8, 4) is 5.75 Å². The number of aliphatic hydroxyl groups excluding tert-OH is 1. The molecule has 0 radical (unpaired) electrons. The van der Waals surface area contributed by atoms with Gasteiger partial charge in [-0.05, 0) is 49.6 Å². The maximum Gasteiger partial charge on any atom is 0.295 e. The fourth-order valence-electron chi connectivity index (χ4n) is 3.76. The maximum absolute atomic E-state index is 13.0. The Kier molecular flexibility index (Phi) is 7.47. The van der Waals surface area contributed by atoms with Crippen LogP contribution < -0.4 is 4.74 Å². The van der Waals surface area contributed by atoms with Crippen LogP contribution in [0, 0.1) is 6.92 Å². The van der Waals surface area contributed by atoms with E-state index >= 15 is 0 Å². The average Bonchev–Trinajstić information content (AvgIpc) is 3.03. The number of benzene rings is 2. The molecule has 0 spiro atoms. The molecule has 0 bridgehead atoms. The van der Waals surface area contributed by atoms with Crippen molar-refractivity contribution in [3.63, 3.8) is 0 Å². The first-order valence-electron chi connectivity index (χ1n) is 10.5. The van der Waals surface area contributed by atoms with Crippen molar-refractivity contribution in [3.05, 3.63) is 70.8 Å². The molecule has 31 heavy (non-hydrogen) atoms. The lowest BCUT2D eigenvalue weighted by Crippen LogP contribution is -2.31. The van der Waals surface area contributed by atoms with E-state index in [1.54, 1.807) is 31.4 Å². The second-order valence-corrected chi connectivity index (χ2v) is 7.63. The van der Waals surface area contributed by atoms with Crippen molar-refractivity contribution < 1.29 is 24.2 Å². The van der Waals surface area contributed by atoms with E-state index in [4.69, 9.17) is 9.47 Å². The summed E-state index contributed by atoms with van der Waals surface area (Å²) in [6.45, 7) is 5.42. The van der Waals surface area contributed by atoms with Crippen molar-refractivity contribution in [1.82, 2.24) is 4.90 Å². The number of amides is 1. The molecule has 164 valence electrons. The van der Waals surface area contributed by atoms with Gasteiger partial charge in [0.2, 0.25) is 0 Å². The number of hydrogen-bond acceptors (Lipinski definition) is 5. The molecule has 0 saturated carbocycles. The summed E-state index contributed by atoms with van der Waals surface area (Å²) in [5.41, 5.74) is 2.38. The molecule has 1 fully saturated rings. The SMILES string of the molecule is CCCOc1ccc(/C(O)=C2/C(=O)C(=O)N(CCCOC)C2c2cccc(C)c2)cc1. The summed E-state index contributed by atoms with van der Waals surface area (Å²) >= 11 is 0. The quantitative estimate of drug-likeness (QED) is 0.283. The number of ketones is 1. The molecule has 0 aliphatic carbocycles. The number of aryl methyl sites for hydroxylation is 1. The monoisotopic (exact) mass is 423 g/mol. The number of carbonyl (C=O) groups is 2. The summed E-state index contributed by atoms with van der Waals surface area (Å²) in [5.74, 6) is -0.769. The molecule has 1 aliphatic heterocycles. The summed E-state index contributed by atoms with van der Waals surface area (Å²) in [7, 11) is 1.60. The first-order chi connectivity index (χ1) is 15.0. The normalized spacial score (nSPS) is 17.9. The molecular formula is C25H29NO5. The fraction of sp³-hybridized carbons (Fsp3) is 0.360. The Bertz CT molecular complexity index is 964. The Labute approximate surface area is 183 Å². The maximum atomic E-state index is 13.0. The smallest absolute Gasteiger partial charge is 0.295 e. The van der Waals surface area contributed by atoms with Gasteiger partial charge in [0.25, 0.3) is 11.7 Å². The van der Waals surface area contributed by atoms with Crippen LogP contribution in [0.15, 0.2) is 54.1 Å². The van der Waals surface area contributed by atoms with Gasteiger partial charge in [-0.2, -0.15) is 0 Å². The first kappa shape index (κ1) is 22.6. The Balaban J connectivity index is 2.04. The molecule has 1 atom stereocenters. The molecule has 1 amide bonds. The molecule has 6 nitrogen and oxygen atoms in total. The van der Waals surface area contributed by atoms with E-state index in [-0.39, 0.29) is 11.3 Å². The third-order valence-corrected chi connectivity index (χ3v) is 5.25. The Morgan fingerprint density at radius 1 is 1.10 bits per heavy atom. The number of aliphatic hydroxyl groups is 1. The highest BCUT2D eigenvalue weighted by molar-refractivity contribution is 6.46. The van der Waals surface area contributed by atoms with Gasteiger partial charge in [-0.25, -0.2) is 0 Å². The summed E-state index contributed by atoms with van der Waals surface area (Å²) < 4.78 is 10.7. The average molecular weight is 424 g/mol. The number of carbonyl (C=O) groups excluding carboxylic acids is 2. The molecule has 2 aromatic carbocycles. The number of methoxy groups -OCH3 is 1. The predicted octanol–water partition coefficient (Wildman–Crippen LogP) is 4.24. The van der Waals surface area contributed by atoms with E-state index in [1.165, 1.54) is 4.90 Å². The molecule has 2 aromatic rings. The van der Waals surface area contributed by atoms with Gasteiger partial charge in [0.15, 0.2) is 0 Å². The van der Waals surface area contributed by atoms with E-state index in [1.807, 2.05) is 38.1 Å². The largest absolute Gasteiger partial charge is 0.507 e. The minimum absolute atomic E-state index is 0.107. The Morgan fingerprint density at radius 2 is 1.84 bits per heavy atom. The van der Waals surface area contributed by atoms with Gasteiger partial charge in [-0.1, -0.05) is 36.8 Å². The molecular weight excluding hydrogens is 394 g/mol. The van der Waals surface area contributed by atoms with Crippen molar-refractivity contribution in [2.24, 2.45) is 0 Å². The lowest BCUT2D eigenvalue weighted by atomic mass is 9.94. The fourth-order valence-corrected chi connectivity index (χ4v) is 3.76. The zero-order chi connectivity index (χ0) is 22.4. The van der Waals surface area contributed by atoms with Crippen LogP contribution in [0.4, 0.5) is 0 Å². The predicted molar refractivity (Wildman–Crippen MR) is 119 cm³/mol. The zero-order valence-corrected chi connectivity index (χ0v) is 18.3. The van der Waals surface area contributed by atoms with Crippen molar-refractivity contribution in [1.29, 1.82) is 0 Å². The number of Topliss-reactive ketones (excluding diaryl/α,β-unsaturated/α-hetero) is 1. The molecule has 6 heteroatoms. The molecule has 1 unspecified atom stereocenters. The van der Waals surface area contributed by atoms with Gasteiger partial charge in [-0.3, -0.25) is 9.59 Å². The standard InChI is InChI=1S/C25H29NO5/c1-4-14-31-20-11-9-18(10-12-20)23(27)21-22(19-8-5-7-17(2)16-19)26(13-6-15-30-3)25(29)24(21)28/h5,7-12,16,22,27H,4,6,13-15H2,1-3H3/b23-21-. The van der Waals surface area contributed by atoms with Gasteiger partial charge in [0, 0.05) is 25.8 Å². The van der Waals surface area contributed by atoms with E-state index in [0.717, 1.165) is 17.5 Å². The van der Waals surface area contributed by atoms with Crippen LogP contribution >= 0.6 is 0 Å². The number of ether oxygens (including phenoxy) is 2. The van der Waals surface area contributed by atoms with E-state index in [2.05, 4.69) is 0 Å². The summed E-state index contributed by atoms with van der Waals surface area (Å²) in [4.78, 5) is 27.4. The Hall–Kier alpha value is -3.12. The zero-order valence-electron chi connectivity index (χ0n) is 18.3. The lowest BCUT2D eigenvalue weighted by Gasteiger charge is -2.25. The number of rotatable bonds is 9. The number of likely N-dealkylation sites (tertiary alicyclic amines) is 1. The van der Waals surface area contributed by atoms with E-state index < -0.39 is 17.7 Å². The highest BCUT2D eigenvalue weighted by atomic mass is 16.5. The van der Waals surface area contributed by atoms with Crippen molar-refractivity contribution >= 4 is 17.4 Å². The van der Waals surface area contributed by atoms with E-state index in [0.29, 0.717) is 37.5 Å². The third-order valence-electron chi connectivity index (χ3n) is 5.25. The van der Waals surface area contributed by atoms with Crippen LogP contribution in [0.1, 0.15) is 42.5 Å². The molecule has 1 heterocycles. The van der Waals surface area contributed by atoms with Crippen molar-refractivity contribution in [2.45, 2.75) is 32.7 Å². The number of hydrogen-bond donors (Lipinski definition) is 1. The molecule has 1 aliphatic rings. The van der Waals surface area contributed by atoms with Gasteiger partial charge < -0.3 is 19.5 Å². The summed E-state index contributed by atoms with van der Waals surface area (Å²) in [6.07, 6.45) is 1.49. The van der Waals surface area contributed by atoms with Crippen LogP contribution in [-0.2, 0) is 14.3 Å². The van der Waals surface area contributed by atoms with Gasteiger partial charge >= 0.3 is 0 Å². The highest BCUT2D eigenvalue weighted by Gasteiger charge is 2.45. The van der Waals surface area contributed by atoms with Gasteiger partial charge in [0.05, 0.1) is 18.2 Å². The van der Waals surface area contributed by atoms with E-state index in [9.17, 15) is 14.7 Å². The van der Waals surface area contributed by atoms with Crippen LogP contribution in [0.5, 0.6) is 5.75 Å². The van der Waals surface area contributed by atoms with Crippen LogP contribution in [0.3, 0.4) is 0 Å². The minimum atomic E-state index is -0.673. The molecule has 3 rings (SSSR count). The summed E-state index contributed by atoms with van der Waals surface area (Å²) in [5, 5.41) is 11.1. The molecule has 0 aromatic heterocycles. The summed E-state index contributed by atoms with van der Waals surface area (Å²) in [6, 6.07) is 13.9. The first-order valence-corrected chi connectivity index (χ1v) is 10.5. The van der Waals surface area contributed by atoms with Crippen molar-refractivity contribution in [2.75, 3.05) is 26.9 Å². The lowest BCUT2D eigenvalue weighted by molar-refractivity contribution is -0.140. The second-order valence-electron chi connectivity index (χ2n) is 7.63. The molecule has 1 saturated heterocycles. The number of nitrogens with zero attached hydrogens (tertiary/aromatic N) is 1. The van der Waals surface area contributed by atoms with Crippen LogP contribution in [-0.4, -0.2) is 48.6 Å². The van der Waals surface area contributed by atoms with Crippen LogP contribution in [0.2, 0.25) is 0 Å². The highest BCUT2D eigenvalue weighted by Crippen LogP contribution is 2.39. The second kappa shape index (κ2) is 10.3. The van der Waals surface area contributed by atoms with Crippen LogP contribution in [0.25, 0.3) is 5.76 Å². The third kappa shape index (κ3) is 4.97. The molecule has 1 N–H and O–H groups in total. The van der Waals surface area contributed by atoms with Gasteiger partial charge in [-0.15, -0.1) is 0 Å². The minimum Gasteiger partial charge on any atom is -0.507 e. The Morgan fingerprint density at radius 3 is 2.48 bits per heavy atom.